The van der Waals surface area contributed by atoms with Crippen molar-refractivity contribution in [3.63, 3.8) is 0 Å². The van der Waals surface area contributed by atoms with E-state index in [4.69, 9.17) is 4.74 Å². The normalized spacial score (nSPS) is 18.7. The minimum atomic E-state index is 0.347. The van der Waals surface area contributed by atoms with Crippen LogP contribution in [0.3, 0.4) is 0 Å². The van der Waals surface area contributed by atoms with E-state index in [0.29, 0.717) is 6.10 Å². The Morgan fingerprint density at radius 1 is 1.37 bits per heavy atom. The fourth-order valence-corrected chi connectivity index (χ4v) is 3.11. The summed E-state index contributed by atoms with van der Waals surface area (Å²) in [6, 6.07) is 8.22. The molecule has 0 saturated carbocycles. The Kier molecular flexibility index (Phi) is 4.15. The Morgan fingerprint density at radius 2 is 2.21 bits per heavy atom. The van der Waals surface area contributed by atoms with Crippen LogP contribution in [0.2, 0.25) is 0 Å². The highest BCUT2D eigenvalue weighted by Crippen LogP contribution is 2.26. The average Bonchev–Trinajstić information content (AvgIpc) is 3.09. The number of rotatable bonds is 4. The second-order valence-corrected chi connectivity index (χ2v) is 6.33. The molecule has 0 radical (unpaired) electrons. The molecule has 1 aliphatic heterocycles. The van der Waals surface area contributed by atoms with Crippen molar-refractivity contribution in [2.45, 2.75) is 18.9 Å². The third-order valence-corrected chi connectivity index (χ3v) is 4.48. The Hall–Kier alpha value is -0.910. The topological polar surface area (TPSA) is 34.1 Å². The van der Waals surface area contributed by atoms with Crippen molar-refractivity contribution in [3.05, 3.63) is 34.1 Å². The lowest BCUT2D eigenvalue weighted by atomic mass is 10.2. The molecule has 0 spiro atoms. The van der Waals surface area contributed by atoms with Gasteiger partial charge in [0, 0.05) is 28.6 Å². The van der Waals surface area contributed by atoms with Gasteiger partial charge < -0.3 is 10.1 Å². The van der Waals surface area contributed by atoms with Gasteiger partial charge in [-0.1, -0.05) is 28.1 Å². The van der Waals surface area contributed by atoms with Crippen LogP contribution in [0.15, 0.2) is 34.1 Å². The zero-order valence-corrected chi connectivity index (χ0v) is 12.8. The highest BCUT2D eigenvalue weighted by atomic mass is 79.9. The molecule has 1 aromatic heterocycles. The van der Waals surface area contributed by atoms with E-state index >= 15 is 0 Å². The quantitative estimate of drug-likeness (QED) is 0.908. The van der Waals surface area contributed by atoms with E-state index < -0.39 is 0 Å². The van der Waals surface area contributed by atoms with Crippen molar-refractivity contribution in [1.82, 2.24) is 4.98 Å². The van der Waals surface area contributed by atoms with Crippen LogP contribution < -0.4 is 5.32 Å². The predicted molar refractivity (Wildman–Crippen MR) is 82.7 cm³/mol. The minimum Gasteiger partial charge on any atom is -0.376 e. The molecule has 0 amide bonds. The van der Waals surface area contributed by atoms with Gasteiger partial charge in [-0.25, -0.2) is 4.98 Å². The summed E-state index contributed by atoms with van der Waals surface area (Å²) in [7, 11) is 0. The number of anilines is 1. The maximum atomic E-state index is 5.59. The number of aromatic nitrogens is 1. The molecule has 5 heteroatoms. The molecule has 1 N–H and O–H groups in total. The predicted octanol–water partition coefficient (Wildman–Crippen LogP) is 4.16. The molecule has 3 nitrogen and oxygen atoms in total. The smallest absolute Gasteiger partial charge is 0.183 e. The molecule has 100 valence electrons. The molecule has 1 aromatic carbocycles. The maximum absolute atomic E-state index is 5.59. The molecule has 1 atom stereocenters. The maximum Gasteiger partial charge on any atom is 0.183 e. The lowest BCUT2D eigenvalue weighted by Crippen LogP contribution is -2.18. The highest BCUT2D eigenvalue weighted by molar-refractivity contribution is 9.10. The molecular formula is C14H15BrN2OS. The lowest BCUT2D eigenvalue weighted by Gasteiger charge is -2.09. The minimum absolute atomic E-state index is 0.347. The lowest BCUT2D eigenvalue weighted by molar-refractivity contribution is 0.120. The number of ether oxygens (including phenoxy) is 1. The fourth-order valence-electron chi connectivity index (χ4n) is 2.11. The van der Waals surface area contributed by atoms with E-state index in [1.54, 1.807) is 11.3 Å². The molecule has 2 heterocycles. The zero-order chi connectivity index (χ0) is 13.1. The van der Waals surface area contributed by atoms with E-state index in [9.17, 15) is 0 Å². The Bertz CT molecular complexity index is 535. The molecule has 1 saturated heterocycles. The summed E-state index contributed by atoms with van der Waals surface area (Å²) in [5, 5.41) is 6.41. The van der Waals surface area contributed by atoms with Crippen LogP contribution in [0.25, 0.3) is 11.3 Å². The standard InChI is InChI=1S/C14H15BrN2OS/c15-11-5-3-10(4-6-11)13-9-19-14(17-13)16-8-12-2-1-7-18-12/h3-6,9,12H,1-2,7-8H2,(H,16,17). The first kappa shape index (κ1) is 13.1. The second-order valence-electron chi connectivity index (χ2n) is 4.56. The van der Waals surface area contributed by atoms with Crippen LogP contribution in [-0.2, 0) is 4.74 Å². The Labute approximate surface area is 125 Å². The first-order valence-electron chi connectivity index (χ1n) is 6.38. The number of halogens is 1. The van der Waals surface area contributed by atoms with Crippen molar-refractivity contribution < 1.29 is 4.74 Å². The van der Waals surface area contributed by atoms with Gasteiger partial charge in [0.2, 0.25) is 0 Å². The van der Waals surface area contributed by atoms with Crippen molar-refractivity contribution in [2.24, 2.45) is 0 Å². The van der Waals surface area contributed by atoms with Crippen LogP contribution in [0.5, 0.6) is 0 Å². The van der Waals surface area contributed by atoms with Crippen molar-refractivity contribution in [3.8, 4) is 11.3 Å². The van der Waals surface area contributed by atoms with Gasteiger partial charge in [0.1, 0.15) is 0 Å². The van der Waals surface area contributed by atoms with Crippen LogP contribution >= 0.6 is 27.3 Å². The molecular weight excluding hydrogens is 324 g/mol. The van der Waals surface area contributed by atoms with Gasteiger partial charge in [-0.2, -0.15) is 0 Å². The van der Waals surface area contributed by atoms with E-state index in [2.05, 4.69) is 43.7 Å². The highest BCUT2D eigenvalue weighted by Gasteiger charge is 2.15. The summed E-state index contributed by atoms with van der Waals surface area (Å²) < 4.78 is 6.67. The molecule has 1 fully saturated rings. The summed E-state index contributed by atoms with van der Waals surface area (Å²) in [6.45, 7) is 1.75. The van der Waals surface area contributed by atoms with Gasteiger partial charge in [0.25, 0.3) is 0 Å². The van der Waals surface area contributed by atoms with E-state index in [-0.39, 0.29) is 0 Å². The SMILES string of the molecule is Brc1ccc(-c2csc(NCC3CCCO3)n2)cc1. The molecule has 19 heavy (non-hydrogen) atoms. The molecule has 1 aliphatic rings. The first-order valence-corrected chi connectivity index (χ1v) is 8.05. The number of benzene rings is 1. The van der Waals surface area contributed by atoms with E-state index in [1.807, 2.05) is 12.1 Å². The number of nitrogens with zero attached hydrogens (tertiary/aromatic N) is 1. The molecule has 1 unspecified atom stereocenters. The summed E-state index contributed by atoms with van der Waals surface area (Å²) in [5.41, 5.74) is 2.16. The number of thiazole rings is 1. The summed E-state index contributed by atoms with van der Waals surface area (Å²) >= 11 is 5.08. The van der Waals surface area contributed by atoms with Gasteiger partial charge in [-0.3, -0.25) is 0 Å². The van der Waals surface area contributed by atoms with Gasteiger partial charge in [-0.05, 0) is 25.0 Å². The molecule has 2 aromatic rings. The first-order chi connectivity index (χ1) is 9.31. The van der Waals surface area contributed by atoms with Crippen LogP contribution in [0.4, 0.5) is 5.13 Å². The third kappa shape index (κ3) is 3.35. The number of hydrogen-bond acceptors (Lipinski definition) is 4. The van der Waals surface area contributed by atoms with Crippen molar-refractivity contribution in [2.75, 3.05) is 18.5 Å². The summed E-state index contributed by atoms with van der Waals surface area (Å²) in [5.74, 6) is 0. The number of nitrogens with one attached hydrogen (secondary N) is 1. The van der Waals surface area contributed by atoms with Crippen LogP contribution in [0.1, 0.15) is 12.8 Å². The largest absolute Gasteiger partial charge is 0.376 e. The van der Waals surface area contributed by atoms with Crippen LogP contribution in [0, 0.1) is 0 Å². The van der Waals surface area contributed by atoms with Gasteiger partial charge >= 0.3 is 0 Å². The monoisotopic (exact) mass is 338 g/mol. The van der Waals surface area contributed by atoms with E-state index in [1.165, 1.54) is 6.42 Å². The van der Waals surface area contributed by atoms with Crippen molar-refractivity contribution >= 4 is 32.4 Å². The van der Waals surface area contributed by atoms with Crippen LogP contribution in [-0.4, -0.2) is 24.2 Å². The molecule has 3 rings (SSSR count). The molecule has 0 bridgehead atoms. The van der Waals surface area contributed by atoms with Gasteiger partial charge in [0.15, 0.2) is 5.13 Å². The average molecular weight is 339 g/mol. The molecule has 0 aliphatic carbocycles. The zero-order valence-electron chi connectivity index (χ0n) is 10.4. The fraction of sp³-hybridized carbons (Fsp3) is 0.357. The van der Waals surface area contributed by atoms with Gasteiger partial charge in [-0.15, -0.1) is 11.3 Å². The van der Waals surface area contributed by atoms with Gasteiger partial charge in [0.05, 0.1) is 11.8 Å². The second kappa shape index (κ2) is 6.03. The van der Waals surface area contributed by atoms with E-state index in [0.717, 1.165) is 40.4 Å². The summed E-state index contributed by atoms with van der Waals surface area (Å²) in [4.78, 5) is 4.61. The number of hydrogen-bond donors (Lipinski definition) is 1. The Morgan fingerprint density at radius 3 is 2.95 bits per heavy atom. The summed E-state index contributed by atoms with van der Waals surface area (Å²) in [6.07, 6.45) is 2.67. The Balaban J connectivity index is 1.63. The van der Waals surface area contributed by atoms with Crippen molar-refractivity contribution in [1.29, 1.82) is 0 Å². The third-order valence-electron chi connectivity index (χ3n) is 3.15.